The molecule has 1 rings (SSSR count). The Bertz CT molecular complexity index is 270. The van der Waals surface area contributed by atoms with Crippen molar-refractivity contribution in [1.82, 2.24) is 0 Å². The van der Waals surface area contributed by atoms with Crippen LogP contribution in [0.3, 0.4) is 0 Å². The monoisotopic (exact) mass is 268 g/mol. The van der Waals surface area contributed by atoms with Crippen LogP contribution >= 0.6 is 0 Å². The molecule has 0 aromatic carbocycles. The van der Waals surface area contributed by atoms with Crippen LogP contribution in [0.4, 0.5) is 0 Å². The van der Waals surface area contributed by atoms with E-state index in [1.807, 2.05) is 0 Å². The summed E-state index contributed by atoms with van der Waals surface area (Å²) in [4.78, 5) is 11.5. The van der Waals surface area contributed by atoms with Gasteiger partial charge in [-0.1, -0.05) is 40.5 Å². The summed E-state index contributed by atoms with van der Waals surface area (Å²) in [6, 6.07) is 0. The van der Waals surface area contributed by atoms with E-state index in [1.54, 1.807) is 0 Å². The minimum atomic E-state index is -0.00318. The predicted molar refractivity (Wildman–Crippen MR) is 80.0 cm³/mol. The number of hydrogen-bond donors (Lipinski definition) is 0. The molecule has 1 aliphatic rings. The second-order valence-electron chi connectivity index (χ2n) is 7.25. The zero-order chi connectivity index (χ0) is 14.3. The van der Waals surface area contributed by atoms with Crippen molar-refractivity contribution in [1.29, 1.82) is 0 Å². The van der Waals surface area contributed by atoms with Gasteiger partial charge in [-0.25, -0.2) is 0 Å². The summed E-state index contributed by atoms with van der Waals surface area (Å²) in [5, 5.41) is 0. The third-order valence-electron chi connectivity index (χ3n) is 4.25. The summed E-state index contributed by atoms with van der Waals surface area (Å²) in [6.45, 7) is 9.86. The summed E-state index contributed by atoms with van der Waals surface area (Å²) in [5.41, 5.74) is 0.466. The van der Waals surface area contributed by atoms with Crippen LogP contribution < -0.4 is 0 Å². The van der Waals surface area contributed by atoms with E-state index in [-0.39, 0.29) is 5.97 Å². The van der Waals surface area contributed by atoms with Crippen molar-refractivity contribution >= 4 is 5.97 Å². The Morgan fingerprint density at radius 1 is 1.26 bits per heavy atom. The van der Waals surface area contributed by atoms with Crippen molar-refractivity contribution in [3.05, 3.63) is 0 Å². The molecule has 2 atom stereocenters. The largest absolute Gasteiger partial charge is 0.466 e. The number of unbranched alkanes of at least 4 members (excludes halogenated alkanes) is 2. The minimum Gasteiger partial charge on any atom is -0.466 e. The standard InChI is InChI=1S/C17H32O2/c1-5-6-7-8-16(18)19-10-9-15-11-14(2)12-17(3,4)13-15/h14-15H,5-13H2,1-4H3/t14-,15+/m0/s1. The Kier molecular flexibility index (Phi) is 6.88. The van der Waals surface area contributed by atoms with Crippen molar-refractivity contribution in [2.75, 3.05) is 6.61 Å². The van der Waals surface area contributed by atoms with Gasteiger partial charge in [0.05, 0.1) is 6.61 Å². The van der Waals surface area contributed by atoms with E-state index in [2.05, 4.69) is 27.7 Å². The first-order valence-corrected chi connectivity index (χ1v) is 8.08. The number of carbonyl (C=O) groups is 1. The molecule has 0 aliphatic heterocycles. The normalized spacial score (nSPS) is 26.1. The van der Waals surface area contributed by atoms with E-state index in [4.69, 9.17) is 4.74 Å². The van der Waals surface area contributed by atoms with Gasteiger partial charge in [0.1, 0.15) is 0 Å². The molecule has 0 heterocycles. The van der Waals surface area contributed by atoms with Gasteiger partial charge >= 0.3 is 5.97 Å². The van der Waals surface area contributed by atoms with Crippen LogP contribution in [0, 0.1) is 17.3 Å². The predicted octanol–water partition coefficient (Wildman–Crippen LogP) is 4.96. The Labute approximate surface area is 119 Å². The smallest absolute Gasteiger partial charge is 0.305 e. The molecule has 2 heteroatoms. The summed E-state index contributed by atoms with van der Waals surface area (Å²) < 4.78 is 5.36. The van der Waals surface area contributed by atoms with Gasteiger partial charge in [0, 0.05) is 6.42 Å². The lowest BCUT2D eigenvalue weighted by molar-refractivity contribution is -0.144. The Morgan fingerprint density at radius 2 is 2.00 bits per heavy atom. The molecule has 0 bridgehead atoms. The molecule has 19 heavy (non-hydrogen) atoms. The zero-order valence-electron chi connectivity index (χ0n) is 13.3. The SMILES string of the molecule is CCCCCC(=O)OCC[C@@H]1C[C@H](C)CC(C)(C)C1. The van der Waals surface area contributed by atoms with Crippen LogP contribution in [0.15, 0.2) is 0 Å². The summed E-state index contributed by atoms with van der Waals surface area (Å²) in [6.07, 6.45) is 8.82. The first-order valence-electron chi connectivity index (χ1n) is 8.08. The van der Waals surface area contributed by atoms with Gasteiger partial charge < -0.3 is 4.74 Å². The van der Waals surface area contributed by atoms with E-state index in [0.717, 1.165) is 37.5 Å². The highest BCUT2D eigenvalue weighted by Gasteiger charge is 2.31. The molecule has 0 spiro atoms. The van der Waals surface area contributed by atoms with E-state index < -0.39 is 0 Å². The Morgan fingerprint density at radius 3 is 2.63 bits per heavy atom. The molecule has 1 fully saturated rings. The molecule has 0 radical (unpaired) electrons. The molecule has 0 N–H and O–H groups in total. The lowest BCUT2D eigenvalue weighted by Gasteiger charge is -2.39. The second-order valence-corrected chi connectivity index (χ2v) is 7.25. The van der Waals surface area contributed by atoms with Gasteiger partial charge in [0.15, 0.2) is 0 Å². The van der Waals surface area contributed by atoms with Gasteiger partial charge in [-0.15, -0.1) is 0 Å². The van der Waals surface area contributed by atoms with Gasteiger partial charge in [-0.05, 0) is 49.4 Å². The fourth-order valence-corrected chi connectivity index (χ4v) is 3.69. The van der Waals surface area contributed by atoms with Gasteiger partial charge in [0.2, 0.25) is 0 Å². The van der Waals surface area contributed by atoms with Crippen LogP contribution in [-0.4, -0.2) is 12.6 Å². The topological polar surface area (TPSA) is 26.3 Å². The molecular formula is C17H32O2. The molecule has 0 aromatic rings. The fraction of sp³-hybridized carbons (Fsp3) is 0.941. The lowest BCUT2D eigenvalue weighted by atomic mass is 9.67. The number of ether oxygens (including phenoxy) is 1. The minimum absolute atomic E-state index is 0.00318. The van der Waals surface area contributed by atoms with Gasteiger partial charge in [-0.3, -0.25) is 4.79 Å². The first-order chi connectivity index (χ1) is 8.93. The summed E-state index contributed by atoms with van der Waals surface area (Å²) >= 11 is 0. The molecule has 0 unspecified atom stereocenters. The highest BCUT2D eigenvalue weighted by Crippen LogP contribution is 2.42. The van der Waals surface area contributed by atoms with E-state index in [1.165, 1.54) is 19.3 Å². The first kappa shape index (κ1) is 16.5. The van der Waals surface area contributed by atoms with E-state index >= 15 is 0 Å². The molecule has 2 nitrogen and oxygen atoms in total. The number of rotatable bonds is 7. The van der Waals surface area contributed by atoms with Gasteiger partial charge in [-0.2, -0.15) is 0 Å². The highest BCUT2D eigenvalue weighted by molar-refractivity contribution is 5.69. The zero-order valence-corrected chi connectivity index (χ0v) is 13.3. The average Bonchev–Trinajstić information content (AvgIpc) is 2.26. The lowest BCUT2D eigenvalue weighted by Crippen LogP contribution is -2.28. The summed E-state index contributed by atoms with van der Waals surface area (Å²) in [7, 11) is 0. The van der Waals surface area contributed by atoms with Gasteiger partial charge in [0.25, 0.3) is 0 Å². The van der Waals surface area contributed by atoms with Crippen molar-refractivity contribution in [2.24, 2.45) is 17.3 Å². The second kappa shape index (κ2) is 7.91. The van der Waals surface area contributed by atoms with E-state index in [0.29, 0.717) is 18.4 Å². The quantitative estimate of drug-likeness (QED) is 0.482. The number of esters is 1. The molecular weight excluding hydrogens is 236 g/mol. The van der Waals surface area contributed by atoms with Crippen LogP contribution in [0.2, 0.25) is 0 Å². The molecule has 1 saturated carbocycles. The third kappa shape index (κ3) is 6.98. The highest BCUT2D eigenvalue weighted by atomic mass is 16.5. The number of hydrogen-bond acceptors (Lipinski definition) is 2. The molecule has 1 aliphatic carbocycles. The van der Waals surface area contributed by atoms with Crippen LogP contribution in [0.1, 0.15) is 79.1 Å². The maximum atomic E-state index is 11.5. The van der Waals surface area contributed by atoms with Crippen LogP contribution in [0.5, 0.6) is 0 Å². The average molecular weight is 268 g/mol. The number of carbonyl (C=O) groups excluding carboxylic acids is 1. The third-order valence-corrected chi connectivity index (χ3v) is 4.25. The van der Waals surface area contributed by atoms with Crippen LogP contribution in [-0.2, 0) is 9.53 Å². The molecule has 0 aromatic heterocycles. The Hall–Kier alpha value is -0.530. The maximum Gasteiger partial charge on any atom is 0.305 e. The van der Waals surface area contributed by atoms with Crippen molar-refractivity contribution in [2.45, 2.75) is 79.1 Å². The summed E-state index contributed by atoms with van der Waals surface area (Å²) in [5.74, 6) is 1.55. The maximum absolute atomic E-state index is 11.5. The molecule has 0 amide bonds. The molecule has 112 valence electrons. The van der Waals surface area contributed by atoms with Crippen LogP contribution in [0.25, 0.3) is 0 Å². The van der Waals surface area contributed by atoms with Crippen molar-refractivity contribution in [3.8, 4) is 0 Å². The fourth-order valence-electron chi connectivity index (χ4n) is 3.69. The van der Waals surface area contributed by atoms with Crippen molar-refractivity contribution in [3.63, 3.8) is 0 Å². The molecule has 0 saturated heterocycles. The Balaban J connectivity index is 2.16. The van der Waals surface area contributed by atoms with E-state index in [9.17, 15) is 4.79 Å². The van der Waals surface area contributed by atoms with Crippen molar-refractivity contribution < 1.29 is 9.53 Å².